The lowest BCUT2D eigenvalue weighted by Crippen LogP contribution is -2.18. The summed E-state index contributed by atoms with van der Waals surface area (Å²) in [5.74, 6) is -0.458. The van der Waals surface area contributed by atoms with Crippen LogP contribution in [0.2, 0.25) is 0 Å². The van der Waals surface area contributed by atoms with Crippen LogP contribution in [0.4, 0.5) is 0 Å². The fourth-order valence-electron chi connectivity index (χ4n) is 2.80. The van der Waals surface area contributed by atoms with E-state index in [4.69, 9.17) is 9.52 Å². The van der Waals surface area contributed by atoms with E-state index >= 15 is 0 Å². The number of carbonyl (C=O) groups is 1. The average Bonchev–Trinajstić information content (AvgIpc) is 2.69. The van der Waals surface area contributed by atoms with Crippen molar-refractivity contribution in [1.29, 1.82) is 5.26 Å². The lowest BCUT2D eigenvalue weighted by Gasteiger charge is -2.12. The second-order valence-electron chi connectivity index (χ2n) is 5.18. The number of hydrogen-bond donors (Lipinski definition) is 1. The summed E-state index contributed by atoms with van der Waals surface area (Å²) in [4.78, 5) is 12.9. The van der Waals surface area contributed by atoms with E-state index in [1.165, 1.54) is 6.08 Å². The Labute approximate surface area is 121 Å². The summed E-state index contributed by atoms with van der Waals surface area (Å²) in [5, 5.41) is 19.0. The van der Waals surface area contributed by atoms with Gasteiger partial charge in [0.15, 0.2) is 0 Å². The maximum Gasteiger partial charge on any atom is 0.328 e. The predicted octanol–water partition coefficient (Wildman–Crippen LogP) is 2.39. The molecule has 0 bridgehead atoms. The molecule has 106 valence electrons. The molecule has 5 nitrogen and oxygen atoms in total. The maximum absolute atomic E-state index is 10.7. The van der Waals surface area contributed by atoms with Crippen LogP contribution in [0.5, 0.6) is 0 Å². The number of likely N-dealkylation sites (N-methyl/N-ethyl adjacent to an activating group) is 1. The van der Waals surface area contributed by atoms with E-state index < -0.39 is 5.97 Å². The third-order valence-electron chi connectivity index (χ3n) is 3.76. The van der Waals surface area contributed by atoms with Gasteiger partial charge in [-0.15, -0.1) is 0 Å². The first-order valence-corrected chi connectivity index (χ1v) is 6.67. The smallest absolute Gasteiger partial charge is 0.328 e. The van der Waals surface area contributed by atoms with Gasteiger partial charge >= 0.3 is 5.97 Å². The Hall–Kier alpha value is -2.58. The molecule has 0 atom stereocenters. The van der Waals surface area contributed by atoms with Gasteiger partial charge in [-0.3, -0.25) is 0 Å². The van der Waals surface area contributed by atoms with Gasteiger partial charge in [-0.05, 0) is 37.2 Å². The van der Waals surface area contributed by atoms with Gasteiger partial charge in [0.25, 0.3) is 0 Å². The van der Waals surface area contributed by atoms with Crippen LogP contribution < -0.4 is 0 Å². The van der Waals surface area contributed by atoms with Gasteiger partial charge in [0.2, 0.25) is 0 Å². The highest BCUT2D eigenvalue weighted by Crippen LogP contribution is 2.34. The molecule has 1 aliphatic rings. The summed E-state index contributed by atoms with van der Waals surface area (Å²) in [5.41, 5.74) is 3.32. The summed E-state index contributed by atoms with van der Waals surface area (Å²) >= 11 is 0. The Morgan fingerprint density at radius 3 is 3.00 bits per heavy atom. The van der Waals surface area contributed by atoms with Crippen molar-refractivity contribution < 1.29 is 14.3 Å². The average molecular weight is 282 g/mol. The van der Waals surface area contributed by atoms with Crippen molar-refractivity contribution in [2.24, 2.45) is 0 Å². The van der Waals surface area contributed by atoms with Gasteiger partial charge in [0.05, 0.1) is 11.6 Å². The van der Waals surface area contributed by atoms with Crippen LogP contribution in [-0.4, -0.2) is 29.6 Å². The normalized spacial score (nSPS) is 15.2. The molecule has 1 aromatic carbocycles. The van der Waals surface area contributed by atoms with Gasteiger partial charge in [0.1, 0.15) is 11.3 Å². The molecule has 0 aliphatic carbocycles. The molecule has 0 saturated heterocycles. The fraction of sp³-hybridized carbons (Fsp3) is 0.250. The molecule has 1 aliphatic heterocycles. The van der Waals surface area contributed by atoms with E-state index in [0.29, 0.717) is 23.5 Å². The lowest BCUT2D eigenvalue weighted by molar-refractivity contribution is -0.131. The quantitative estimate of drug-likeness (QED) is 0.856. The van der Waals surface area contributed by atoms with Crippen molar-refractivity contribution >= 4 is 23.0 Å². The summed E-state index contributed by atoms with van der Waals surface area (Å²) in [6.45, 7) is 1.53. The third kappa shape index (κ3) is 2.30. The zero-order valence-electron chi connectivity index (χ0n) is 11.6. The van der Waals surface area contributed by atoms with Crippen molar-refractivity contribution in [2.45, 2.75) is 13.0 Å². The van der Waals surface area contributed by atoms with Gasteiger partial charge in [0, 0.05) is 30.1 Å². The second kappa shape index (κ2) is 5.08. The first kappa shape index (κ1) is 13.4. The SMILES string of the molecule is CN1CCc2c(C#N)ccc3oc(/C=C/C(=O)O)c(c23)C1. The molecular formula is C16H14N2O3. The third-order valence-corrected chi connectivity index (χ3v) is 3.76. The molecule has 0 fully saturated rings. The monoisotopic (exact) mass is 282 g/mol. The molecule has 21 heavy (non-hydrogen) atoms. The van der Waals surface area contributed by atoms with Gasteiger partial charge in [-0.25, -0.2) is 4.79 Å². The predicted molar refractivity (Wildman–Crippen MR) is 77.6 cm³/mol. The highest BCUT2D eigenvalue weighted by atomic mass is 16.4. The molecule has 2 aromatic rings. The van der Waals surface area contributed by atoms with Crippen LogP contribution in [0.1, 0.15) is 22.5 Å². The Kier molecular flexibility index (Phi) is 3.24. The summed E-state index contributed by atoms with van der Waals surface area (Å²) in [6.07, 6.45) is 3.34. The van der Waals surface area contributed by atoms with Crippen LogP contribution >= 0.6 is 0 Å². The van der Waals surface area contributed by atoms with Crippen molar-refractivity contribution in [3.05, 3.63) is 40.7 Å². The van der Waals surface area contributed by atoms with Gasteiger partial charge < -0.3 is 14.4 Å². The number of rotatable bonds is 2. The van der Waals surface area contributed by atoms with E-state index in [1.54, 1.807) is 12.1 Å². The Balaban J connectivity index is 2.28. The summed E-state index contributed by atoms with van der Waals surface area (Å²) < 4.78 is 5.78. The van der Waals surface area contributed by atoms with E-state index in [9.17, 15) is 10.1 Å². The highest BCUT2D eigenvalue weighted by molar-refractivity contribution is 5.92. The molecule has 0 spiro atoms. The molecule has 5 heteroatoms. The van der Waals surface area contributed by atoms with E-state index in [1.807, 2.05) is 7.05 Å². The minimum Gasteiger partial charge on any atom is -0.478 e. The van der Waals surface area contributed by atoms with E-state index in [-0.39, 0.29) is 0 Å². The number of nitriles is 1. The first-order valence-electron chi connectivity index (χ1n) is 6.67. The summed E-state index contributed by atoms with van der Waals surface area (Å²) in [6, 6.07) is 5.78. The fourth-order valence-corrected chi connectivity index (χ4v) is 2.80. The van der Waals surface area contributed by atoms with Gasteiger partial charge in [-0.1, -0.05) is 0 Å². The molecular weight excluding hydrogens is 268 g/mol. The van der Waals surface area contributed by atoms with E-state index in [2.05, 4.69) is 11.0 Å². The van der Waals surface area contributed by atoms with Crippen molar-refractivity contribution in [3.8, 4) is 6.07 Å². The van der Waals surface area contributed by atoms with Crippen LogP contribution in [-0.2, 0) is 17.8 Å². The molecule has 0 saturated carbocycles. The molecule has 1 aromatic heterocycles. The highest BCUT2D eigenvalue weighted by Gasteiger charge is 2.22. The number of benzene rings is 1. The van der Waals surface area contributed by atoms with Crippen molar-refractivity contribution in [1.82, 2.24) is 4.90 Å². The number of aliphatic carboxylic acids is 1. The summed E-state index contributed by atoms with van der Waals surface area (Å²) in [7, 11) is 2.00. The number of hydrogen-bond acceptors (Lipinski definition) is 4. The molecule has 0 unspecified atom stereocenters. The number of nitrogens with zero attached hydrogens (tertiary/aromatic N) is 2. The topological polar surface area (TPSA) is 77.5 Å². The molecule has 0 radical (unpaired) electrons. The lowest BCUT2D eigenvalue weighted by atomic mass is 9.98. The second-order valence-corrected chi connectivity index (χ2v) is 5.18. The number of furan rings is 1. The minimum atomic E-state index is -1.01. The number of carboxylic acid groups (broad SMARTS) is 1. The van der Waals surface area contributed by atoms with Crippen LogP contribution in [0.3, 0.4) is 0 Å². The minimum absolute atomic E-state index is 0.553. The van der Waals surface area contributed by atoms with Gasteiger partial charge in [-0.2, -0.15) is 5.26 Å². The molecule has 2 heterocycles. The zero-order chi connectivity index (χ0) is 15.0. The molecule has 1 N–H and O–H groups in total. The maximum atomic E-state index is 10.7. The first-order chi connectivity index (χ1) is 10.1. The van der Waals surface area contributed by atoms with Crippen LogP contribution in [0, 0.1) is 11.3 Å². The standard InChI is InChI=1S/C16H14N2O3/c1-18-7-6-11-10(8-17)2-3-14-16(11)12(9-18)13(21-14)4-5-15(19)20/h2-5H,6-7,9H2,1H3,(H,19,20)/b5-4+. The van der Waals surface area contributed by atoms with E-state index in [0.717, 1.165) is 35.6 Å². The molecule has 0 amide bonds. The van der Waals surface area contributed by atoms with Crippen molar-refractivity contribution in [3.63, 3.8) is 0 Å². The zero-order valence-corrected chi connectivity index (χ0v) is 11.6. The Morgan fingerprint density at radius 2 is 2.29 bits per heavy atom. The Morgan fingerprint density at radius 1 is 1.48 bits per heavy atom. The number of carboxylic acids is 1. The van der Waals surface area contributed by atoms with Crippen LogP contribution in [0.15, 0.2) is 22.6 Å². The van der Waals surface area contributed by atoms with Crippen molar-refractivity contribution in [2.75, 3.05) is 13.6 Å². The Bertz CT molecular complexity index is 796. The van der Waals surface area contributed by atoms with Crippen LogP contribution in [0.25, 0.3) is 17.0 Å². The molecule has 3 rings (SSSR count). The largest absolute Gasteiger partial charge is 0.478 e.